The van der Waals surface area contributed by atoms with Gasteiger partial charge in [-0.25, -0.2) is 0 Å². The van der Waals surface area contributed by atoms with Gasteiger partial charge in [-0.1, -0.05) is 6.08 Å². The SMILES string of the molecule is C1=CC(CN2CCOCCOCCOCCOCC2)=CCN1. The Morgan fingerprint density at radius 3 is 1.86 bits per heavy atom. The summed E-state index contributed by atoms with van der Waals surface area (Å²) in [7, 11) is 0. The van der Waals surface area contributed by atoms with Crippen molar-refractivity contribution in [3.8, 4) is 0 Å². The summed E-state index contributed by atoms with van der Waals surface area (Å²) in [5, 5.41) is 3.17. The zero-order chi connectivity index (χ0) is 15.3. The number of ether oxygens (including phenoxy) is 4. The summed E-state index contributed by atoms with van der Waals surface area (Å²) in [5.41, 5.74) is 1.34. The molecule has 1 N–H and O–H groups in total. The molecule has 22 heavy (non-hydrogen) atoms. The zero-order valence-corrected chi connectivity index (χ0v) is 13.3. The van der Waals surface area contributed by atoms with E-state index in [-0.39, 0.29) is 0 Å². The van der Waals surface area contributed by atoms with E-state index >= 15 is 0 Å². The number of hydrogen-bond acceptors (Lipinski definition) is 6. The van der Waals surface area contributed by atoms with Gasteiger partial charge < -0.3 is 24.3 Å². The largest absolute Gasteiger partial charge is 0.387 e. The Hall–Kier alpha value is -0.920. The lowest BCUT2D eigenvalue weighted by Crippen LogP contribution is -2.33. The van der Waals surface area contributed by atoms with E-state index in [1.807, 2.05) is 6.20 Å². The van der Waals surface area contributed by atoms with Gasteiger partial charge in [0.1, 0.15) is 0 Å². The third-order valence-electron chi connectivity index (χ3n) is 3.52. The minimum atomic E-state index is 0.615. The number of dihydropyridines is 1. The van der Waals surface area contributed by atoms with Gasteiger partial charge in [0, 0.05) is 26.2 Å². The van der Waals surface area contributed by atoms with E-state index in [2.05, 4.69) is 22.4 Å². The maximum atomic E-state index is 5.63. The first-order chi connectivity index (χ1) is 10.9. The molecule has 0 aromatic rings. The lowest BCUT2D eigenvalue weighted by molar-refractivity contribution is 0.00206. The van der Waals surface area contributed by atoms with Crippen LogP contribution >= 0.6 is 0 Å². The molecule has 6 heteroatoms. The molecule has 2 aliphatic rings. The van der Waals surface area contributed by atoms with Crippen molar-refractivity contribution in [2.45, 2.75) is 0 Å². The molecule has 0 saturated carbocycles. The molecule has 0 unspecified atom stereocenters. The van der Waals surface area contributed by atoms with E-state index in [0.717, 1.165) is 39.4 Å². The quantitative estimate of drug-likeness (QED) is 0.797. The highest BCUT2D eigenvalue weighted by Gasteiger charge is 2.08. The topological polar surface area (TPSA) is 52.2 Å². The Kier molecular flexibility index (Phi) is 9.21. The van der Waals surface area contributed by atoms with Crippen LogP contribution in [0.5, 0.6) is 0 Å². The van der Waals surface area contributed by atoms with E-state index in [9.17, 15) is 0 Å². The maximum Gasteiger partial charge on any atom is 0.0701 e. The average molecular weight is 312 g/mol. The van der Waals surface area contributed by atoms with Crippen LogP contribution in [-0.4, -0.2) is 83.9 Å². The van der Waals surface area contributed by atoms with Gasteiger partial charge in [-0.15, -0.1) is 0 Å². The molecule has 0 spiro atoms. The summed E-state index contributed by atoms with van der Waals surface area (Å²) in [4.78, 5) is 2.36. The van der Waals surface area contributed by atoms with Gasteiger partial charge in [-0.2, -0.15) is 0 Å². The molecular weight excluding hydrogens is 284 g/mol. The van der Waals surface area contributed by atoms with Crippen LogP contribution in [0.3, 0.4) is 0 Å². The van der Waals surface area contributed by atoms with Crippen molar-refractivity contribution < 1.29 is 18.9 Å². The van der Waals surface area contributed by atoms with Crippen LogP contribution in [0, 0.1) is 0 Å². The predicted octanol–water partition coefficient (Wildman–Crippen LogP) is 0.412. The van der Waals surface area contributed by atoms with Crippen LogP contribution in [0.1, 0.15) is 0 Å². The van der Waals surface area contributed by atoms with Crippen LogP contribution < -0.4 is 5.32 Å². The summed E-state index contributed by atoms with van der Waals surface area (Å²) in [6.07, 6.45) is 6.35. The Labute approximate surface area is 133 Å². The molecule has 0 atom stereocenters. The van der Waals surface area contributed by atoms with Crippen molar-refractivity contribution in [1.82, 2.24) is 10.2 Å². The molecule has 0 aromatic carbocycles. The van der Waals surface area contributed by atoms with Crippen LogP contribution in [0.4, 0.5) is 0 Å². The lowest BCUT2D eigenvalue weighted by Gasteiger charge is -2.23. The van der Waals surface area contributed by atoms with Gasteiger partial charge in [0.05, 0.1) is 52.9 Å². The molecule has 0 aromatic heterocycles. The third kappa shape index (κ3) is 7.91. The average Bonchev–Trinajstić information content (AvgIpc) is 2.56. The van der Waals surface area contributed by atoms with Crippen molar-refractivity contribution in [1.29, 1.82) is 0 Å². The second kappa shape index (κ2) is 11.6. The van der Waals surface area contributed by atoms with Crippen molar-refractivity contribution in [2.24, 2.45) is 0 Å². The van der Waals surface area contributed by atoms with Crippen LogP contribution in [0.2, 0.25) is 0 Å². The van der Waals surface area contributed by atoms with E-state index in [1.165, 1.54) is 5.57 Å². The molecule has 1 fully saturated rings. The van der Waals surface area contributed by atoms with Crippen LogP contribution in [-0.2, 0) is 18.9 Å². The first kappa shape index (κ1) is 17.4. The monoisotopic (exact) mass is 312 g/mol. The summed E-state index contributed by atoms with van der Waals surface area (Å²) >= 11 is 0. The van der Waals surface area contributed by atoms with Crippen LogP contribution in [0.15, 0.2) is 23.9 Å². The van der Waals surface area contributed by atoms with E-state index in [0.29, 0.717) is 39.6 Å². The molecule has 2 rings (SSSR count). The smallest absolute Gasteiger partial charge is 0.0701 e. The molecule has 2 aliphatic heterocycles. The molecule has 0 amide bonds. The standard InChI is InChI=1S/C16H28N2O4/c1-3-17-4-2-16(1)15-18-5-7-19-9-11-21-13-14-22-12-10-20-8-6-18/h1-3,17H,4-15H2. The first-order valence-electron chi connectivity index (χ1n) is 8.07. The highest BCUT2D eigenvalue weighted by molar-refractivity contribution is 5.23. The van der Waals surface area contributed by atoms with E-state index in [1.54, 1.807) is 0 Å². The van der Waals surface area contributed by atoms with Gasteiger partial charge in [0.15, 0.2) is 0 Å². The minimum Gasteiger partial charge on any atom is -0.387 e. The summed E-state index contributed by atoms with van der Waals surface area (Å²) < 4.78 is 22.1. The number of nitrogens with one attached hydrogen (secondary N) is 1. The van der Waals surface area contributed by atoms with E-state index in [4.69, 9.17) is 18.9 Å². The van der Waals surface area contributed by atoms with E-state index < -0.39 is 0 Å². The van der Waals surface area contributed by atoms with Gasteiger partial charge in [0.25, 0.3) is 0 Å². The fourth-order valence-corrected chi connectivity index (χ4v) is 2.29. The predicted molar refractivity (Wildman–Crippen MR) is 84.9 cm³/mol. The Morgan fingerprint density at radius 1 is 0.818 bits per heavy atom. The zero-order valence-electron chi connectivity index (χ0n) is 13.3. The Morgan fingerprint density at radius 2 is 1.36 bits per heavy atom. The van der Waals surface area contributed by atoms with Gasteiger partial charge in [0.2, 0.25) is 0 Å². The fourth-order valence-electron chi connectivity index (χ4n) is 2.29. The van der Waals surface area contributed by atoms with Crippen LogP contribution in [0.25, 0.3) is 0 Å². The lowest BCUT2D eigenvalue weighted by atomic mass is 10.2. The Balaban J connectivity index is 1.75. The first-order valence-corrected chi connectivity index (χ1v) is 8.07. The normalized spacial score (nSPS) is 23.9. The molecule has 0 aliphatic carbocycles. The molecule has 0 bridgehead atoms. The fraction of sp³-hybridized carbons (Fsp3) is 0.750. The number of hydrogen-bond donors (Lipinski definition) is 1. The van der Waals surface area contributed by atoms with Gasteiger partial charge >= 0.3 is 0 Å². The number of nitrogens with zero attached hydrogens (tertiary/aromatic N) is 1. The van der Waals surface area contributed by atoms with Gasteiger partial charge in [-0.05, 0) is 17.8 Å². The van der Waals surface area contributed by atoms with Crippen molar-refractivity contribution in [3.05, 3.63) is 23.9 Å². The second-order valence-corrected chi connectivity index (χ2v) is 5.25. The summed E-state index contributed by atoms with van der Waals surface area (Å²) in [6, 6.07) is 0. The molecular formula is C16H28N2O4. The maximum absolute atomic E-state index is 5.63. The molecule has 126 valence electrons. The van der Waals surface area contributed by atoms with Crippen molar-refractivity contribution in [2.75, 3.05) is 79.0 Å². The second-order valence-electron chi connectivity index (χ2n) is 5.25. The third-order valence-corrected chi connectivity index (χ3v) is 3.52. The van der Waals surface area contributed by atoms with Gasteiger partial charge in [-0.3, -0.25) is 4.90 Å². The summed E-state index contributed by atoms with van der Waals surface area (Å²) in [6.45, 7) is 8.82. The molecule has 6 nitrogen and oxygen atoms in total. The number of rotatable bonds is 2. The minimum absolute atomic E-state index is 0.615. The molecule has 0 radical (unpaired) electrons. The highest BCUT2D eigenvalue weighted by atomic mass is 16.6. The van der Waals surface area contributed by atoms with Crippen molar-refractivity contribution in [3.63, 3.8) is 0 Å². The molecule has 1 saturated heterocycles. The summed E-state index contributed by atoms with van der Waals surface area (Å²) in [5.74, 6) is 0. The Bertz CT molecular complexity index is 331. The van der Waals surface area contributed by atoms with Crippen molar-refractivity contribution >= 4 is 0 Å². The molecule has 2 heterocycles. The highest BCUT2D eigenvalue weighted by Crippen LogP contribution is 2.04.